The Bertz CT molecular complexity index is 656. The Morgan fingerprint density at radius 3 is 2.89 bits per heavy atom. The average Bonchev–Trinajstić information content (AvgIpc) is 2.97. The van der Waals surface area contributed by atoms with E-state index in [2.05, 4.69) is 33.9 Å². The molecule has 2 N–H and O–H groups in total. The Hall–Kier alpha value is -1.71. The highest BCUT2D eigenvalue weighted by Crippen LogP contribution is 2.23. The maximum Gasteiger partial charge on any atom is 0.0649 e. The van der Waals surface area contributed by atoms with E-state index in [0.29, 0.717) is 0 Å². The van der Waals surface area contributed by atoms with Crippen LogP contribution in [0.1, 0.15) is 23.7 Å². The number of nitrogens with two attached hydrogens (primary N) is 1. The van der Waals surface area contributed by atoms with Crippen molar-refractivity contribution in [1.82, 2.24) is 4.98 Å². The molecule has 0 saturated heterocycles. The largest absolute Gasteiger partial charge is 0.323 e. The van der Waals surface area contributed by atoms with Crippen LogP contribution in [0.4, 0.5) is 0 Å². The summed E-state index contributed by atoms with van der Waals surface area (Å²) in [6.45, 7) is 0. The molecular formula is C16H16N2S. The maximum atomic E-state index is 6.32. The van der Waals surface area contributed by atoms with Crippen molar-refractivity contribution >= 4 is 22.1 Å². The summed E-state index contributed by atoms with van der Waals surface area (Å²) in [6.07, 6.45) is 3.79. The second-order valence-electron chi connectivity index (χ2n) is 4.69. The Morgan fingerprint density at radius 1 is 1.16 bits per heavy atom. The first kappa shape index (κ1) is 12.3. The normalized spacial score (nSPS) is 12.7. The van der Waals surface area contributed by atoms with Crippen molar-refractivity contribution in [3.05, 3.63) is 64.6 Å². The van der Waals surface area contributed by atoms with Crippen LogP contribution in [0.2, 0.25) is 0 Å². The van der Waals surface area contributed by atoms with Gasteiger partial charge in [-0.2, -0.15) is 11.3 Å². The van der Waals surface area contributed by atoms with Gasteiger partial charge in [0.25, 0.3) is 0 Å². The van der Waals surface area contributed by atoms with Gasteiger partial charge in [-0.3, -0.25) is 4.98 Å². The SMILES string of the molecule is NC(CCc1ccsc1)c1nccc2ccccc12. The highest BCUT2D eigenvalue weighted by Gasteiger charge is 2.11. The molecule has 3 rings (SSSR count). The molecule has 1 atom stereocenters. The predicted octanol–water partition coefficient (Wildman–Crippen LogP) is 3.93. The van der Waals surface area contributed by atoms with E-state index >= 15 is 0 Å². The van der Waals surface area contributed by atoms with Crippen molar-refractivity contribution in [2.24, 2.45) is 5.73 Å². The van der Waals surface area contributed by atoms with Crippen LogP contribution in [-0.2, 0) is 6.42 Å². The summed E-state index contributed by atoms with van der Waals surface area (Å²) in [7, 11) is 0. The number of aryl methyl sites for hydroxylation is 1. The fourth-order valence-corrected chi connectivity index (χ4v) is 3.04. The minimum absolute atomic E-state index is 0.00833. The number of pyridine rings is 1. The van der Waals surface area contributed by atoms with Crippen LogP contribution in [0, 0.1) is 0 Å². The molecular weight excluding hydrogens is 252 g/mol. The molecule has 0 amide bonds. The Kier molecular flexibility index (Phi) is 3.58. The van der Waals surface area contributed by atoms with Gasteiger partial charge in [0, 0.05) is 17.6 Å². The number of rotatable bonds is 4. The zero-order valence-electron chi connectivity index (χ0n) is 10.6. The van der Waals surface area contributed by atoms with E-state index in [1.54, 1.807) is 11.3 Å². The number of hydrogen-bond acceptors (Lipinski definition) is 3. The molecule has 3 aromatic rings. The highest BCUT2D eigenvalue weighted by atomic mass is 32.1. The quantitative estimate of drug-likeness (QED) is 0.778. The van der Waals surface area contributed by atoms with Crippen molar-refractivity contribution in [3.63, 3.8) is 0 Å². The molecule has 0 spiro atoms. The number of fused-ring (bicyclic) bond motifs is 1. The van der Waals surface area contributed by atoms with Crippen LogP contribution in [0.25, 0.3) is 10.8 Å². The monoisotopic (exact) mass is 268 g/mol. The van der Waals surface area contributed by atoms with Crippen LogP contribution in [0.15, 0.2) is 53.4 Å². The van der Waals surface area contributed by atoms with Crippen molar-refractivity contribution in [1.29, 1.82) is 0 Å². The van der Waals surface area contributed by atoms with Gasteiger partial charge in [0.2, 0.25) is 0 Å². The number of aromatic nitrogens is 1. The molecule has 2 nitrogen and oxygen atoms in total. The topological polar surface area (TPSA) is 38.9 Å². The fraction of sp³-hybridized carbons (Fsp3) is 0.188. The minimum Gasteiger partial charge on any atom is -0.323 e. The molecule has 1 unspecified atom stereocenters. The first-order valence-electron chi connectivity index (χ1n) is 6.45. The van der Waals surface area contributed by atoms with E-state index in [4.69, 9.17) is 5.73 Å². The smallest absolute Gasteiger partial charge is 0.0649 e. The molecule has 2 aromatic heterocycles. The Morgan fingerprint density at radius 2 is 2.05 bits per heavy atom. The maximum absolute atomic E-state index is 6.32. The second kappa shape index (κ2) is 5.51. The second-order valence-corrected chi connectivity index (χ2v) is 5.47. The molecule has 0 saturated carbocycles. The molecule has 2 heterocycles. The van der Waals surface area contributed by atoms with Crippen LogP contribution in [0.5, 0.6) is 0 Å². The van der Waals surface area contributed by atoms with Gasteiger partial charge in [-0.25, -0.2) is 0 Å². The standard InChI is InChI=1S/C16H16N2S/c17-15(6-5-12-8-10-19-11-12)16-14-4-2-1-3-13(14)7-9-18-16/h1-4,7-11,15H,5-6,17H2. The van der Waals surface area contributed by atoms with Crippen LogP contribution in [0.3, 0.4) is 0 Å². The van der Waals surface area contributed by atoms with Gasteiger partial charge in [0.15, 0.2) is 0 Å². The third-order valence-corrected chi connectivity index (χ3v) is 4.11. The zero-order chi connectivity index (χ0) is 13.1. The summed E-state index contributed by atoms with van der Waals surface area (Å²) in [6, 6.07) is 12.5. The lowest BCUT2D eigenvalue weighted by atomic mass is 10.0. The fourth-order valence-electron chi connectivity index (χ4n) is 2.33. The summed E-state index contributed by atoms with van der Waals surface area (Å²) in [5.41, 5.74) is 8.69. The van der Waals surface area contributed by atoms with Crippen molar-refractivity contribution in [2.75, 3.05) is 0 Å². The lowest BCUT2D eigenvalue weighted by Gasteiger charge is -2.13. The summed E-state index contributed by atoms with van der Waals surface area (Å²) in [4.78, 5) is 4.48. The van der Waals surface area contributed by atoms with E-state index in [1.165, 1.54) is 16.3 Å². The van der Waals surface area contributed by atoms with Crippen molar-refractivity contribution in [3.8, 4) is 0 Å². The molecule has 0 aliphatic carbocycles. The van der Waals surface area contributed by atoms with E-state index < -0.39 is 0 Å². The number of thiophene rings is 1. The zero-order valence-corrected chi connectivity index (χ0v) is 11.4. The van der Waals surface area contributed by atoms with Gasteiger partial charge in [0.05, 0.1) is 5.69 Å². The predicted molar refractivity (Wildman–Crippen MR) is 81.3 cm³/mol. The van der Waals surface area contributed by atoms with Crippen LogP contribution in [-0.4, -0.2) is 4.98 Å². The molecule has 3 heteroatoms. The molecule has 1 aromatic carbocycles. The lowest BCUT2D eigenvalue weighted by molar-refractivity contribution is 0.639. The Balaban J connectivity index is 1.83. The van der Waals surface area contributed by atoms with Gasteiger partial charge in [-0.15, -0.1) is 0 Å². The van der Waals surface area contributed by atoms with Crippen LogP contribution >= 0.6 is 11.3 Å². The lowest BCUT2D eigenvalue weighted by Crippen LogP contribution is -2.13. The van der Waals surface area contributed by atoms with Gasteiger partial charge in [-0.05, 0) is 46.7 Å². The van der Waals surface area contributed by atoms with Gasteiger partial charge < -0.3 is 5.73 Å². The molecule has 96 valence electrons. The van der Waals surface area contributed by atoms with E-state index in [0.717, 1.165) is 18.5 Å². The highest BCUT2D eigenvalue weighted by molar-refractivity contribution is 7.07. The summed E-state index contributed by atoms with van der Waals surface area (Å²) in [5.74, 6) is 0. The summed E-state index contributed by atoms with van der Waals surface area (Å²) < 4.78 is 0. The first-order chi connectivity index (χ1) is 9.34. The third-order valence-electron chi connectivity index (χ3n) is 3.38. The molecule has 19 heavy (non-hydrogen) atoms. The van der Waals surface area contributed by atoms with Crippen molar-refractivity contribution < 1.29 is 0 Å². The molecule has 0 aliphatic heterocycles. The van der Waals surface area contributed by atoms with E-state index in [9.17, 15) is 0 Å². The Labute approximate surface area is 116 Å². The van der Waals surface area contributed by atoms with Crippen molar-refractivity contribution in [2.45, 2.75) is 18.9 Å². The molecule has 0 fully saturated rings. The minimum atomic E-state index is -0.00833. The molecule has 0 aliphatic rings. The van der Waals surface area contributed by atoms with Crippen LogP contribution < -0.4 is 5.73 Å². The average molecular weight is 268 g/mol. The first-order valence-corrected chi connectivity index (χ1v) is 7.39. The van der Waals surface area contributed by atoms with E-state index in [1.807, 2.05) is 24.4 Å². The van der Waals surface area contributed by atoms with E-state index in [-0.39, 0.29) is 6.04 Å². The van der Waals surface area contributed by atoms with Gasteiger partial charge >= 0.3 is 0 Å². The third kappa shape index (κ3) is 2.67. The summed E-state index contributed by atoms with van der Waals surface area (Å²) in [5, 5.41) is 6.67. The van der Waals surface area contributed by atoms with Gasteiger partial charge in [0.1, 0.15) is 0 Å². The summed E-state index contributed by atoms with van der Waals surface area (Å²) >= 11 is 1.73. The molecule has 0 bridgehead atoms. The number of hydrogen-bond donors (Lipinski definition) is 1. The number of benzene rings is 1. The molecule has 0 radical (unpaired) electrons. The van der Waals surface area contributed by atoms with Gasteiger partial charge in [-0.1, -0.05) is 24.3 Å². The number of nitrogens with zero attached hydrogens (tertiary/aromatic N) is 1.